The van der Waals surface area contributed by atoms with Gasteiger partial charge in [-0.3, -0.25) is 9.59 Å². The van der Waals surface area contributed by atoms with Gasteiger partial charge in [0.15, 0.2) is 0 Å². The Balaban J connectivity index is 1.91. The first-order chi connectivity index (χ1) is 10.4. The van der Waals surface area contributed by atoms with E-state index in [1.54, 1.807) is 6.07 Å². The fourth-order valence-electron chi connectivity index (χ4n) is 3.26. The van der Waals surface area contributed by atoms with Crippen LogP contribution in [0, 0.1) is 20.8 Å². The monoisotopic (exact) mass is 296 g/mol. The number of rotatable bonds is 1. The highest BCUT2D eigenvalue weighted by Crippen LogP contribution is 2.24. The molecule has 0 aliphatic carbocycles. The van der Waals surface area contributed by atoms with Crippen molar-refractivity contribution in [3.8, 4) is 0 Å². The van der Waals surface area contributed by atoms with E-state index in [1.165, 1.54) is 28.3 Å². The molecule has 3 rings (SSSR count). The number of carbonyl (C=O) groups is 1. The van der Waals surface area contributed by atoms with E-state index in [9.17, 15) is 9.59 Å². The van der Waals surface area contributed by atoms with Crippen molar-refractivity contribution in [2.75, 3.05) is 6.54 Å². The SMILES string of the molecule is Cc1cc(C)c2c(c1)CN(C(=O)c1cc(C)cc(=O)[nH]1)CC2. The molecule has 1 aliphatic heterocycles. The summed E-state index contributed by atoms with van der Waals surface area (Å²) >= 11 is 0. The second-order valence-corrected chi connectivity index (χ2v) is 6.13. The van der Waals surface area contributed by atoms with Gasteiger partial charge >= 0.3 is 0 Å². The lowest BCUT2D eigenvalue weighted by Gasteiger charge is -2.30. The maximum absolute atomic E-state index is 12.6. The number of nitrogens with zero attached hydrogens (tertiary/aromatic N) is 1. The highest BCUT2D eigenvalue weighted by atomic mass is 16.2. The highest BCUT2D eigenvalue weighted by molar-refractivity contribution is 5.92. The summed E-state index contributed by atoms with van der Waals surface area (Å²) in [5.74, 6) is -0.106. The number of hydrogen-bond acceptors (Lipinski definition) is 2. The van der Waals surface area contributed by atoms with Gasteiger partial charge in [-0.05, 0) is 55.5 Å². The molecule has 1 aromatic heterocycles. The molecule has 0 atom stereocenters. The van der Waals surface area contributed by atoms with Crippen LogP contribution in [0.15, 0.2) is 29.1 Å². The summed E-state index contributed by atoms with van der Waals surface area (Å²) in [7, 11) is 0. The molecular weight excluding hydrogens is 276 g/mol. The van der Waals surface area contributed by atoms with Crippen LogP contribution in [-0.4, -0.2) is 22.3 Å². The summed E-state index contributed by atoms with van der Waals surface area (Å²) < 4.78 is 0. The Kier molecular flexibility index (Phi) is 3.61. The van der Waals surface area contributed by atoms with Crippen LogP contribution in [0.3, 0.4) is 0 Å². The quantitative estimate of drug-likeness (QED) is 0.879. The molecule has 114 valence electrons. The lowest BCUT2D eigenvalue weighted by atomic mass is 9.93. The molecule has 4 heteroatoms. The summed E-state index contributed by atoms with van der Waals surface area (Å²) in [5, 5.41) is 0. The molecule has 2 aromatic rings. The van der Waals surface area contributed by atoms with Crippen molar-refractivity contribution in [3.63, 3.8) is 0 Å². The number of fused-ring (bicyclic) bond motifs is 1. The number of carbonyl (C=O) groups excluding carboxylic acids is 1. The molecule has 0 saturated carbocycles. The van der Waals surface area contributed by atoms with E-state index in [1.807, 2.05) is 11.8 Å². The first-order valence-electron chi connectivity index (χ1n) is 7.53. The van der Waals surface area contributed by atoms with E-state index >= 15 is 0 Å². The number of aromatic amines is 1. The Bertz CT molecular complexity index is 805. The fraction of sp³-hybridized carbons (Fsp3) is 0.333. The number of benzene rings is 1. The second-order valence-electron chi connectivity index (χ2n) is 6.13. The third-order valence-corrected chi connectivity index (χ3v) is 4.21. The van der Waals surface area contributed by atoms with Gasteiger partial charge in [0.2, 0.25) is 5.56 Å². The molecule has 0 unspecified atom stereocenters. The van der Waals surface area contributed by atoms with Gasteiger partial charge < -0.3 is 9.88 Å². The first kappa shape index (κ1) is 14.6. The van der Waals surface area contributed by atoms with Crippen LogP contribution >= 0.6 is 0 Å². The van der Waals surface area contributed by atoms with Gasteiger partial charge in [-0.15, -0.1) is 0 Å². The molecule has 0 bridgehead atoms. The third-order valence-electron chi connectivity index (χ3n) is 4.21. The average molecular weight is 296 g/mol. The normalized spacial score (nSPS) is 13.9. The van der Waals surface area contributed by atoms with Crippen LogP contribution in [0.1, 0.15) is 38.3 Å². The van der Waals surface area contributed by atoms with Gasteiger partial charge in [0, 0.05) is 19.2 Å². The average Bonchev–Trinajstić information content (AvgIpc) is 2.44. The van der Waals surface area contributed by atoms with Crippen molar-refractivity contribution in [1.29, 1.82) is 0 Å². The van der Waals surface area contributed by atoms with Crippen LogP contribution in [-0.2, 0) is 13.0 Å². The zero-order valence-electron chi connectivity index (χ0n) is 13.2. The van der Waals surface area contributed by atoms with Gasteiger partial charge in [0.1, 0.15) is 5.69 Å². The zero-order valence-corrected chi connectivity index (χ0v) is 13.2. The number of aromatic nitrogens is 1. The fourth-order valence-corrected chi connectivity index (χ4v) is 3.26. The zero-order chi connectivity index (χ0) is 15.9. The van der Waals surface area contributed by atoms with Gasteiger partial charge in [-0.2, -0.15) is 0 Å². The Labute approximate surface area is 129 Å². The predicted octanol–water partition coefficient (Wildman–Crippen LogP) is 2.50. The number of amides is 1. The van der Waals surface area contributed by atoms with Crippen molar-refractivity contribution in [3.05, 3.63) is 68.1 Å². The maximum Gasteiger partial charge on any atom is 0.270 e. The molecule has 1 N–H and O–H groups in total. The summed E-state index contributed by atoms with van der Waals surface area (Å²) in [6.45, 7) is 7.32. The summed E-state index contributed by atoms with van der Waals surface area (Å²) in [4.78, 5) is 28.7. The topological polar surface area (TPSA) is 53.2 Å². The number of H-pyrrole nitrogens is 1. The third kappa shape index (κ3) is 2.69. The van der Waals surface area contributed by atoms with Crippen molar-refractivity contribution in [2.24, 2.45) is 0 Å². The van der Waals surface area contributed by atoms with Gasteiger partial charge in [0.05, 0.1) is 0 Å². The number of aryl methyl sites for hydroxylation is 3. The number of nitrogens with one attached hydrogen (secondary N) is 1. The summed E-state index contributed by atoms with van der Waals surface area (Å²) in [6.07, 6.45) is 0.864. The summed E-state index contributed by atoms with van der Waals surface area (Å²) in [5.41, 5.74) is 6.03. The maximum atomic E-state index is 12.6. The van der Waals surface area contributed by atoms with E-state index in [0.29, 0.717) is 18.8 Å². The Morgan fingerprint density at radius 3 is 2.55 bits per heavy atom. The van der Waals surface area contributed by atoms with Crippen LogP contribution in [0.5, 0.6) is 0 Å². The minimum absolute atomic E-state index is 0.106. The van der Waals surface area contributed by atoms with Crippen LogP contribution < -0.4 is 5.56 Å². The minimum Gasteiger partial charge on any atom is -0.333 e. The molecule has 2 heterocycles. The minimum atomic E-state index is -0.229. The highest BCUT2D eigenvalue weighted by Gasteiger charge is 2.23. The molecule has 0 radical (unpaired) electrons. The molecule has 4 nitrogen and oxygen atoms in total. The van der Waals surface area contributed by atoms with Crippen LogP contribution in [0.2, 0.25) is 0 Å². The van der Waals surface area contributed by atoms with E-state index in [2.05, 4.69) is 31.0 Å². The Morgan fingerprint density at radius 2 is 1.82 bits per heavy atom. The van der Waals surface area contributed by atoms with E-state index in [4.69, 9.17) is 0 Å². The van der Waals surface area contributed by atoms with E-state index in [-0.39, 0.29) is 11.5 Å². The van der Waals surface area contributed by atoms with E-state index in [0.717, 1.165) is 12.0 Å². The molecule has 1 amide bonds. The number of hydrogen-bond donors (Lipinski definition) is 1. The lowest BCUT2D eigenvalue weighted by molar-refractivity contribution is 0.0728. The van der Waals surface area contributed by atoms with Crippen molar-refractivity contribution >= 4 is 5.91 Å². The standard InChI is InChI=1S/C18H20N2O2/c1-11-6-13(3)15-4-5-20(10-14(15)7-11)18(22)16-8-12(2)9-17(21)19-16/h6-9H,4-5,10H2,1-3H3,(H,19,21). The smallest absolute Gasteiger partial charge is 0.270 e. The Morgan fingerprint density at radius 1 is 1.09 bits per heavy atom. The van der Waals surface area contributed by atoms with Gasteiger partial charge in [-0.25, -0.2) is 0 Å². The van der Waals surface area contributed by atoms with Gasteiger partial charge in [0.25, 0.3) is 5.91 Å². The van der Waals surface area contributed by atoms with Crippen molar-refractivity contribution < 1.29 is 4.79 Å². The van der Waals surface area contributed by atoms with Crippen LogP contribution in [0.4, 0.5) is 0 Å². The molecule has 0 spiro atoms. The molecule has 1 aliphatic rings. The molecule has 0 fully saturated rings. The van der Waals surface area contributed by atoms with E-state index < -0.39 is 0 Å². The number of pyridine rings is 1. The summed E-state index contributed by atoms with van der Waals surface area (Å²) in [6, 6.07) is 7.57. The van der Waals surface area contributed by atoms with Crippen LogP contribution in [0.25, 0.3) is 0 Å². The predicted molar refractivity (Wildman–Crippen MR) is 86.2 cm³/mol. The largest absolute Gasteiger partial charge is 0.333 e. The van der Waals surface area contributed by atoms with Gasteiger partial charge in [-0.1, -0.05) is 17.7 Å². The molecule has 1 aromatic carbocycles. The molecule has 0 saturated heterocycles. The van der Waals surface area contributed by atoms with Crippen molar-refractivity contribution in [2.45, 2.75) is 33.7 Å². The Hall–Kier alpha value is -2.36. The lowest BCUT2D eigenvalue weighted by Crippen LogP contribution is -2.37. The van der Waals surface area contributed by atoms with Crippen molar-refractivity contribution in [1.82, 2.24) is 9.88 Å². The molecular formula is C18H20N2O2. The molecule has 22 heavy (non-hydrogen) atoms. The first-order valence-corrected chi connectivity index (χ1v) is 7.53. The second kappa shape index (κ2) is 5.44.